The first-order valence-electron chi connectivity index (χ1n) is 6.29. The molecule has 4 unspecified atom stereocenters. The molecule has 2 rings (SSSR count). The molecule has 0 spiro atoms. The number of nitrogens with one attached hydrogen (secondary N) is 1. The Morgan fingerprint density at radius 2 is 2.11 bits per heavy atom. The van der Waals surface area contributed by atoms with Crippen LogP contribution in [0.2, 0.25) is 0 Å². The quantitative estimate of drug-likeness (QED) is 0.826. The Kier molecular flexibility index (Phi) is 3.65. The van der Waals surface area contributed by atoms with Crippen LogP contribution in [0, 0.1) is 5.92 Å². The van der Waals surface area contributed by atoms with Gasteiger partial charge in [0, 0.05) is 5.92 Å². The van der Waals surface area contributed by atoms with E-state index in [1.165, 1.54) is 0 Å². The largest absolute Gasteiger partial charge is 0.460 e. The summed E-state index contributed by atoms with van der Waals surface area (Å²) in [6, 6.07) is 0. The average molecular weight is 253 g/mol. The van der Waals surface area contributed by atoms with E-state index in [4.69, 9.17) is 9.47 Å². The van der Waals surface area contributed by atoms with Gasteiger partial charge in [-0.1, -0.05) is 6.92 Å². The van der Waals surface area contributed by atoms with Crippen LogP contribution >= 0.6 is 0 Å². The van der Waals surface area contributed by atoms with E-state index in [1.807, 2.05) is 13.8 Å². The summed E-state index contributed by atoms with van der Waals surface area (Å²) in [5.41, 5.74) is 0. The first-order chi connectivity index (χ1) is 8.54. The molecule has 2 heterocycles. The lowest BCUT2D eigenvalue weighted by atomic mass is 9.89. The summed E-state index contributed by atoms with van der Waals surface area (Å²) in [5.74, 6) is 0.763. The van der Waals surface area contributed by atoms with Crippen LogP contribution in [0.25, 0.3) is 0 Å². The molecule has 6 nitrogen and oxygen atoms in total. The molecule has 18 heavy (non-hydrogen) atoms. The van der Waals surface area contributed by atoms with Gasteiger partial charge in [-0.05, 0) is 26.7 Å². The molecule has 1 aromatic heterocycles. The number of hydrogen-bond donors (Lipinski definition) is 1. The molecule has 0 bridgehead atoms. The molecule has 1 aliphatic heterocycles. The highest BCUT2D eigenvalue weighted by molar-refractivity contribution is 5.84. The van der Waals surface area contributed by atoms with Gasteiger partial charge in [-0.15, -0.1) is 5.10 Å². The predicted octanol–water partition coefficient (Wildman–Crippen LogP) is 1.51. The third-order valence-electron chi connectivity index (χ3n) is 3.52. The molecule has 0 amide bonds. The van der Waals surface area contributed by atoms with E-state index in [0.29, 0.717) is 18.3 Å². The summed E-state index contributed by atoms with van der Waals surface area (Å²) in [6.45, 7) is 8.24. The number of ether oxygens (including phenoxy) is 2. The van der Waals surface area contributed by atoms with E-state index in [9.17, 15) is 4.79 Å². The monoisotopic (exact) mass is 253 g/mol. The van der Waals surface area contributed by atoms with Gasteiger partial charge >= 0.3 is 5.97 Å². The van der Waals surface area contributed by atoms with Crippen LogP contribution in [0.3, 0.4) is 0 Å². The first kappa shape index (κ1) is 13.0. The van der Waals surface area contributed by atoms with Gasteiger partial charge in [0.25, 0.3) is 5.82 Å². The molecule has 1 saturated heterocycles. The van der Waals surface area contributed by atoms with Gasteiger partial charge in [-0.3, -0.25) is 5.10 Å². The van der Waals surface area contributed by atoms with Crippen LogP contribution in [-0.4, -0.2) is 40.0 Å². The van der Waals surface area contributed by atoms with Gasteiger partial charge < -0.3 is 9.47 Å². The molecule has 0 aliphatic carbocycles. The number of esters is 1. The number of rotatable bonds is 3. The highest BCUT2D eigenvalue weighted by Crippen LogP contribution is 2.38. The average Bonchev–Trinajstić information content (AvgIpc) is 2.86. The second-order valence-corrected chi connectivity index (χ2v) is 4.70. The molecule has 1 aliphatic rings. The molecule has 0 aromatic carbocycles. The molecule has 100 valence electrons. The summed E-state index contributed by atoms with van der Waals surface area (Å²) in [5, 5.41) is 6.73. The number of nitrogens with zero attached hydrogens (tertiary/aromatic N) is 2. The summed E-state index contributed by atoms with van der Waals surface area (Å²) in [4.78, 5) is 15.7. The zero-order valence-corrected chi connectivity index (χ0v) is 11.1. The number of aromatic nitrogens is 3. The van der Waals surface area contributed by atoms with Crippen LogP contribution in [0.15, 0.2) is 0 Å². The molecule has 1 N–H and O–H groups in total. The van der Waals surface area contributed by atoms with Gasteiger partial charge in [0.15, 0.2) is 0 Å². The fraction of sp³-hybridized carbons (Fsp3) is 0.750. The molecule has 0 saturated carbocycles. The van der Waals surface area contributed by atoms with E-state index in [1.54, 1.807) is 6.92 Å². The molecule has 1 aromatic rings. The zero-order valence-electron chi connectivity index (χ0n) is 11.1. The SMILES string of the molecule is CCOC(=O)c1n[nH]c(C2C(C)OC(C)C2C)n1. The van der Waals surface area contributed by atoms with Crippen LogP contribution in [0.4, 0.5) is 0 Å². The predicted molar refractivity (Wildman–Crippen MR) is 64.3 cm³/mol. The lowest BCUT2D eigenvalue weighted by Crippen LogP contribution is -2.16. The molecule has 1 fully saturated rings. The third kappa shape index (κ3) is 2.25. The van der Waals surface area contributed by atoms with E-state index in [-0.39, 0.29) is 24.0 Å². The van der Waals surface area contributed by atoms with Crippen LogP contribution in [0.1, 0.15) is 50.1 Å². The molecule has 4 atom stereocenters. The van der Waals surface area contributed by atoms with Crippen molar-refractivity contribution in [1.82, 2.24) is 15.2 Å². The van der Waals surface area contributed by atoms with E-state index in [0.717, 1.165) is 0 Å². The number of carbonyl (C=O) groups excluding carboxylic acids is 1. The molecule has 6 heteroatoms. The van der Waals surface area contributed by atoms with Gasteiger partial charge in [-0.25, -0.2) is 9.78 Å². The number of H-pyrrole nitrogens is 1. The van der Waals surface area contributed by atoms with Crippen molar-refractivity contribution in [3.8, 4) is 0 Å². The second-order valence-electron chi connectivity index (χ2n) is 4.70. The lowest BCUT2D eigenvalue weighted by molar-refractivity contribution is 0.0510. The van der Waals surface area contributed by atoms with Crippen molar-refractivity contribution in [3.05, 3.63) is 11.6 Å². The van der Waals surface area contributed by atoms with Crippen molar-refractivity contribution < 1.29 is 14.3 Å². The Labute approximate surface area is 106 Å². The molecule has 0 radical (unpaired) electrons. The summed E-state index contributed by atoms with van der Waals surface area (Å²) in [6.07, 6.45) is 0.249. The third-order valence-corrected chi connectivity index (χ3v) is 3.52. The maximum absolute atomic E-state index is 11.5. The van der Waals surface area contributed by atoms with E-state index < -0.39 is 5.97 Å². The minimum Gasteiger partial charge on any atom is -0.460 e. The van der Waals surface area contributed by atoms with Gasteiger partial charge in [-0.2, -0.15) is 0 Å². The molecular weight excluding hydrogens is 234 g/mol. The van der Waals surface area contributed by atoms with Crippen molar-refractivity contribution in [3.63, 3.8) is 0 Å². The maximum atomic E-state index is 11.5. The van der Waals surface area contributed by atoms with E-state index >= 15 is 0 Å². The normalized spacial score (nSPS) is 31.6. The van der Waals surface area contributed by atoms with Crippen LogP contribution in [0.5, 0.6) is 0 Å². The van der Waals surface area contributed by atoms with Gasteiger partial charge in [0.2, 0.25) is 0 Å². The van der Waals surface area contributed by atoms with Crippen LogP contribution in [-0.2, 0) is 9.47 Å². The number of carbonyl (C=O) groups is 1. The minimum absolute atomic E-state index is 0.0676. The Balaban J connectivity index is 2.17. The highest BCUT2D eigenvalue weighted by atomic mass is 16.5. The van der Waals surface area contributed by atoms with Gasteiger partial charge in [0.1, 0.15) is 5.82 Å². The highest BCUT2D eigenvalue weighted by Gasteiger charge is 2.40. The number of hydrogen-bond acceptors (Lipinski definition) is 5. The van der Waals surface area contributed by atoms with Crippen molar-refractivity contribution >= 4 is 5.97 Å². The Morgan fingerprint density at radius 1 is 1.39 bits per heavy atom. The fourth-order valence-corrected chi connectivity index (χ4v) is 2.45. The Hall–Kier alpha value is -1.43. The zero-order chi connectivity index (χ0) is 13.3. The minimum atomic E-state index is -0.493. The number of aromatic amines is 1. The maximum Gasteiger partial charge on any atom is 0.378 e. The first-order valence-corrected chi connectivity index (χ1v) is 6.29. The van der Waals surface area contributed by atoms with Crippen LogP contribution < -0.4 is 0 Å². The summed E-state index contributed by atoms with van der Waals surface area (Å²) in [7, 11) is 0. The topological polar surface area (TPSA) is 77.1 Å². The van der Waals surface area contributed by atoms with Crippen molar-refractivity contribution in [2.75, 3.05) is 6.61 Å². The van der Waals surface area contributed by atoms with Crippen molar-refractivity contribution in [2.45, 2.75) is 45.8 Å². The van der Waals surface area contributed by atoms with Crippen molar-refractivity contribution in [2.24, 2.45) is 5.92 Å². The smallest absolute Gasteiger partial charge is 0.378 e. The fourth-order valence-electron chi connectivity index (χ4n) is 2.45. The Morgan fingerprint density at radius 3 is 2.67 bits per heavy atom. The summed E-state index contributed by atoms with van der Waals surface area (Å²) >= 11 is 0. The lowest BCUT2D eigenvalue weighted by Gasteiger charge is -2.14. The van der Waals surface area contributed by atoms with Gasteiger partial charge in [0.05, 0.1) is 18.8 Å². The van der Waals surface area contributed by atoms with E-state index in [2.05, 4.69) is 22.1 Å². The van der Waals surface area contributed by atoms with Crippen molar-refractivity contribution in [1.29, 1.82) is 0 Å². The standard InChI is InChI=1S/C12H19N3O3/c1-5-17-12(16)11-13-10(14-15-11)9-6(2)7(3)18-8(9)4/h6-9H,5H2,1-4H3,(H,13,14,15). The molecular formula is C12H19N3O3. The second kappa shape index (κ2) is 5.06. The summed E-state index contributed by atoms with van der Waals surface area (Å²) < 4.78 is 10.6. The Bertz CT molecular complexity index is 432.